The summed E-state index contributed by atoms with van der Waals surface area (Å²) >= 11 is 0. The number of carboxylic acid groups (broad SMARTS) is 1. The average molecular weight is 543 g/mol. The van der Waals surface area contributed by atoms with Crippen LogP contribution in [0.25, 0.3) is 22.0 Å². The molecule has 202 valence electrons. The summed E-state index contributed by atoms with van der Waals surface area (Å²) in [5, 5.41) is 11.5. The lowest BCUT2D eigenvalue weighted by molar-refractivity contribution is -0.186. The SMILES string of the molecule is COc1ncc(-c2ccc3c(NC(Oc4cccc(C(=O)O)c4)C(F)(F)F)c(C(N)=O)cnc3c2)c(OC)n1. The van der Waals surface area contributed by atoms with Crippen LogP contribution in [0, 0.1) is 0 Å². The van der Waals surface area contributed by atoms with Crippen molar-refractivity contribution in [2.45, 2.75) is 12.4 Å². The molecule has 1 atom stereocenters. The number of hydrogen-bond donors (Lipinski definition) is 3. The van der Waals surface area contributed by atoms with E-state index in [0.717, 1.165) is 12.3 Å². The first kappa shape index (κ1) is 26.9. The van der Waals surface area contributed by atoms with E-state index < -0.39 is 24.3 Å². The van der Waals surface area contributed by atoms with Crippen molar-refractivity contribution in [1.29, 1.82) is 0 Å². The number of carbonyl (C=O) groups excluding carboxylic acids is 1. The van der Waals surface area contributed by atoms with Gasteiger partial charge in [-0.25, -0.2) is 9.78 Å². The minimum Gasteiger partial charge on any atom is -0.480 e. The Hall–Kier alpha value is -5.14. The van der Waals surface area contributed by atoms with Crippen molar-refractivity contribution in [2.75, 3.05) is 19.5 Å². The van der Waals surface area contributed by atoms with Crippen LogP contribution in [0.2, 0.25) is 0 Å². The molecule has 11 nitrogen and oxygen atoms in total. The number of pyridine rings is 1. The maximum Gasteiger partial charge on any atom is 0.445 e. The predicted octanol–water partition coefficient (Wildman–Crippen LogP) is 3.89. The summed E-state index contributed by atoms with van der Waals surface area (Å²) in [6, 6.07) is 9.15. The summed E-state index contributed by atoms with van der Waals surface area (Å²) < 4.78 is 57.5. The number of rotatable bonds is 9. The maximum atomic E-state index is 14.0. The molecule has 0 fully saturated rings. The molecule has 0 saturated heterocycles. The van der Waals surface area contributed by atoms with Gasteiger partial charge >= 0.3 is 18.2 Å². The van der Waals surface area contributed by atoms with Gasteiger partial charge in [-0.15, -0.1) is 0 Å². The van der Waals surface area contributed by atoms with Crippen LogP contribution in [0.15, 0.2) is 54.9 Å². The number of amides is 1. The van der Waals surface area contributed by atoms with Crippen molar-refractivity contribution in [1.82, 2.24) is 15.0 Å². The van der Waals surface area contributed by atoms with Crippen LogP contribution in [0.5, 0.6) is 17.6 Å². The van der Waals surface area contributed by atoms with Gasteiger partial charge in [0.05, 0.1) is 42.1 Å². The Bertz CT molecular complexity index is 1560. The monoisotopic (exact) mass is 543 g/mol. The number of benzene rings is 2. The standard InChI is InChI=1S/C25H20F3N5O6/c1-37-21-16(10-31-24(33-21)38-2)12-6-7-15-18(9-12)30-11-17(20(29)34)19(15)32-23(25(26,27)28)39-14-5-3-4-13(8-14)22(35)36/h3-11,23H,1-2H3,(H2,29,34)(H,30,32)(H,35,36). The number of ether oxygens (including phenoxy) is 3. The number of nitrogens with two attached hydrogens (primary N) is 1. The summed E-state index contributed by atoms with van der Waals surface area (Å²) in [4.78, 5) is 35.7. The number of carbonyl (C=O) groups is 2. The number of nitrogens with one attached hydrogen (secondary N) is 1. The smallest absolute Gasteiger partial charge is 0.445 e. The first-order valence-corrected chi connectivity index (χ1v) is 11.0. The van der Waals surface area contributed by atoms with Gasteiger partial charge in [0.15, 0.2) is 0 Å². The third kappa shape index (κ3) is 5.74. The predicted molar refractivity (Wildman–Crippen MR) is 132 cm³/mol. The number of aromatic nitrogens is 3. The molecule has 0 saturated carbocycles. The number of halogens is 3. The number of hydrogen-bond acceptors (Lipinski definition) is 9. The average Bonchev–Trinajstić information content (AvgIpc) is 2.91. The fourth-order valence-electron chi connectivity index (χ4n) is 3.65. The third-order valence-corrected chi connectivity index (χ3v) is 5.46. The lowest BCUT2D eigenvalue weighted by Crippen LogP contribution is -2.41. The fourth-order valence-corrected chi connectivity index (χ4v) is 3.65. The number of nitrogens with zero attached hydrogens (tertiary/aromatic N) is 3. The largest absolute Gasteiger partial charge is 0.480 e. The molecule has 2 aromatic heterocycles. The Balaban J connectivity index is 1.79. The van der Waals surface area contributed by atoms with Crippen molar-refractivity contribution >= 4 is 28.5 Å². The van der Waals surface area contributed by atoms with Crippen LogP contribution in [0.3, 0.4) is 0 Å². The van der Waals surface area contributed by atoms with Crippen molar-refractivity contribution in [3.63, 3.8) is 0 Å². The molecule has 0 aliphatic carbocycles. The molecule has 2 heterocycles. The van der Waals surface area contributed by atoms with Gasteiger partial charge in [-0.3, -0.25) is 9.78 Å². The van der Waals surface area contributed by atoms with Gasteiger partial charge in [0.25, 0.3) is 12.1 Å². The van der Waals surface area contributed by atoms with E-state index in [4.69, 9.17) is 25.1 Å². The summed E-state index contributed by atoms with van der Waals surface area (Å²) in [6.45, 7) is 0. The Morgan fingerprint density at radius 1 is 1.05 bits per heavy atom. The van der Waals surface area contributed by atoms with E-state index in [1.807, 2.05) is 0 Å². The number of aromatic carboxylic acids is 1. The van der Waals surface area contributed by atoms with Gasteiger partial charge in [-0.1, -0.05) is 18.2 Å². The van der Waals surface area contributed by atoms with E-state index >= 15 is 0 Å². The van der Waals surface area contributed by atoms with Gasteiger partial charge < -0.3 is 30.4 Å². The number of alkyl halides is 3. The van der Waals surface area contributed by atoms with Crippen LogP contribution in [-0.2, 0) is 0 Å². The van der Waals surface area contributed by atoms with E-state index in [0.29, 0.717) is 11.1 Å². The van der Waals surface area contributed by atoms with E-state index in [1.54, 1.807) is 12.1 Å². The minimum atomic E-state index is -4.99. The Labute approximate surface area is 218 Å². The summed E-state index contributed by atoms with van der Waals surface area (Å²) in [6.07, 6.45) is -5.18. The molecule has 2 aromatic carbocycles. The third-order valence-electron chi connectivity index (χ3n) is 5.46. The summed E-state index contributed by atoms with van der Waals surface area (Å²) in [5.74, 6) is -2.56. The summed E-state index contributed by atoms with van der Waals surface area (Å²) in [5.41, 5.74) is 5.72. The second-order valence-corrected chi connectivity index (χ2v) is 7.94. The van der Waals surface area contributed by atoms with Crippen LogP contribution in [0.1, 0.15) is 20.7 Å². The highest BCUT2D eigenvalue weighted by Crippen LogP contribution is 2.35. The van der Waals surface area contributed by atoms with E-state index in [9.17, 15) is 22.8 Å². The Morgan fingerprint density at radius 2 is 1.82 bits per heavy atom. The van der Waals surface area contributed by atoms with E-state index in [1.165, 1.54) is 44.7 Å². The highest BCUT2D eigenvalue weighted by Gasteiger charge is 2.43. The Kier molecular flexibility index (Phi) is 7.38. The highest BCUT2D eigenvalue weighted by molar-refractivity contribution is 6.07. The Morgan fingerprint density at radius 3 is 2.46 bits per heavy atom. The summed E-state index contributed by atoms with van der Waals surface area (Å²) in [7, 11) is 2.79. The quantitative estimate of drug-likeness (QED) is 0.264. The molecule has 14 heteroatoms. The number of anilines is 1. The molecule has 0 spiro atoms. The molecule has 0 bridgehead atoms. The van der Waals surface area contributed by atoms with E-state index in [-0.39, 0.29) is 45.4 Å². The molecule has 4 aromatic rings. The first-order chi connectivity index (χ1) is 18.5. The van der Waals surface area contributed by atoms with Crippen molar-refractivity contribution in [2.24, 2.45) is 5.73 Å². The number of primary amides is 1. The molecule has 39 heavy (non-hydrogen) atoms. The fraction of sp³-hybridized carbons (Fsp3) is 0.160. The van der Waals surface area contributed by atoms with Gasteiger partial charge in [-0.2, -0.15) is 18.2 Å². The van der Waals surface area contributed by atoms with E-state index in [2.05, 4.69) is 20.3 Å². The minimum absolute atomic E-state index is 0.0687. The maximum absolute atomic E-state index is 14.0. The van der Waals surface area contributed by atoms with Gasteiger partial charge in [0.2, 0.25) is 5.88 Å². The van der Waals surface area contributed by atoms with Crippen molar-refractivity contribution in [3.8, 4) is 28.8 Å². The molecular weight excluding hydrogens is 523 g/mol. The zero-order valence-corrected chi connectivity index (χ0v) is 20.3. The van der Waals surface area contributed by atoms with Crippen LogP contribution in [0.4, 0.5) is 18.9 Å². The molecular formula is C25H20F3N5O6. The molecule has 1 amide bonds. The number of carboxylic acids is 1. The molecule has 0 aliphatic heterocycles. The zero-order valence-electron chi connectivity index (χ0n) is 20.3. The van der Waals surface area contributed by atoms with Crippen molar-refractivity contribution in [3.05, 3.63) is 66.0 Å². The zero-order chi connectivity index (χ0) is 28.3. The van der Waals surface area contributed by atoms with Crippen LogP contribution >= 0.6 is 0 Å². The first-order valence-electron chi connectivity index (χ1n) is 11.0. The topological polar surface area (TPSA) is 159 Å². The second-order valence-electron chi connectivity index (χ2n) is 7.94. The number of methoxy groups -OCH3 is 2. The van der Waals surface area contributed by atoms with Crippen molar-refractivity contribution < 1.29 is 42.1 Å². The lowest BCUT2D eigenvalue weighted by atomic mass is 10.0. The van der Waals surface area contributed by atoms with Gasteiger partial charge in [0.1, 0.15) is 5.75 Å². The molecule has 1 unspecified atom stereocenters. The van der Waals surface area contributed by atoms with Gasteiger partial charge in [-0.05, 0) is 29.8 Å². The molecule has 4 rings (SSSR count). The molecule has 4 N–H and O–H groups in total. The van der Waals surface area contributed by atoms with Gasteiger partial charge in [0, 0.05) is 17.8 Å². The normalized spacial score (nSPS) is 12.0. The lowest BCUT2D eigenvalue weighted by Gasteiger charge is -2.25. The number of fused-ring (bicyclic) bond motifs is 1. The van der Waals surface area contributed by atoms with Crippen LogP contribution in [-0.4, -0.2) is 58.6 Å². The second kappa shape index (κ2) is 10.7. The molecule has 0 radical (unpaired) electrons. The molecule has 0 aliphatic rings. The highest BCUT2D eigenvalue weighted by atomic mass is 19.4. The van der Waals surface area contributed by atoms with Crippen LogP contribution < -0.4 is 25.3 Å².